The second-order valence-electron chi connectivity index (χ2n) is 9.69. The number of hydrogen-bond donors (Lipinski definition) is 6. The van der Waals surface area contributed by atoms with Gasteiger partial charge in [0.05, 0.1) is 6.33 Å². The molecule has 4 rings (SSSR count). The molecule has 39 heavy (non-hydrogen) atoms. The molecule has 0 saturated carbocycles. The highest BCUT2D eigenvalue weighted by molar-refractivity contribution is 6.30. The number of anilines is 1. The van der Waals surface area contributed by atoms with Crippen LogP contribution in [0.2, 0.25) is 5.02 Å². The lowest BCUT2D eigenvalue weighted by Crippen LogP contribution is -2.44. The van der Waals surface area contributed by atoms with Crippen molar-refractivity contribution in [2.24, 2.45) is 5.73 Å². The van der Waals surface area contributed by atoms with Crippen molar-refractivity contribution in [2.75, 3.05) is 38.5 Å². The Kier molecular flexibility index (Phi) is 9.67. The van der Waals surface area contributed by atoms with Gasteiger partial charge in [0.1, 0.15) is 35.7 Å². The first-order valence-electron chi connectivity index (χ1n) is 12.8. The van der Waals surface area contributed by atoms with Crippen LogP contribution in [0.15, 0.2) is 30.6 Å². The third-order valence-electron chi connectivity index (χ3n) is 6.79. The number of carboxylic acid groups (broad SMARTS) is 1. The van der Waals surface area contributed by atoms with Gasteiger partial charge in [0, 0.05) is 31.2 Å². The van der Waals surface area contributed by atoms with Crippen molar-refractivity contribution in [3.63, 3.8) is 0 Å². The van der Waals surface area contributed by atoms with Gasteiger partial charge in [0.2, 0.25) is 0 Å². The van der Waals surface area contributed by atoms with Gasteiger partial charge in [-0.15, -0.1) is 0 Å². The highest BCUT2D eigenvalue weighted by Gasteiger charge is 2.45. The molecule has 0 amide bonds. The molecule has 1 saturated heterocycles. The number of aliphatic carboxylic acids is 1. The number of nitrogen functional groups attached to an aromatic ring is 1. The molecule has 8 N–H and O–H groups in total. The molecular formula is C25H35ClN8O5. The standard InChI is InChI=1S/C25H35ClN8O5/c1-14-31-22(28)19-23(32-14)34(13-30-19)24-21(36)20(35)18(39-24)12-33(10-7-17(27)25(37)38)11-9-29-8-6-15-2-4-16(26)5-3-15/h2-5,13,17-18,20-21,24,29,35-36H,6-12,27H2,1H3,(H,37,38)(H2,28,31,32)/t17?,18?,20-,21-,24?/m1/s1. The van der Waals surface area contributed by atoms with Crippen LogP contribution >= 0.6 is 11.6 Å². The van der Waals surface area contributed by atoms with Crippen molar-refractivity contribution in [1.82, 2.24) is 29.7 Å². The van der Waals surface area contributed by atoms with E-state index in [0.717, 1.165) is 18.5 Å². The maximum absolute atomic E-state index is 11.2. The number of imidazole rings is 1. The molecule has 2 aromatic heterocycles. The molecule has 0 spiro atoms. The van der Waals surface area contributed by atoms with E-state index in [0.29, 0.717) is 41.6 Å². The third-order valence-corrected chi connectivity index (χ3v) is 7.04. The lowest BCUT2D eigenvalue weighted by molar-refractivity contribution is -0.138. The third kappa shape index (κ3) is 7.19. The summed E-state index contributed by atoms with van der Waals surface area (Å²) in [6.45, 7) is 4.23. The number of benzene rings is 1. The molecule has 14 heteroatoms. The molecule has 3 aromatic rings. The number of aromatic nitrogens is 4. The predicted molar refractivity (Wildman–Crippen MR) is 145 cm³/mol. The molecular weight excluding hydrogens is 528 g/mol. The SMILES string of the molecule is Cc1nc(N)c2ncn(C3OC(CN(CCNCCc4ccc(Cl)cc4)CCC(N)C(=O)O)[C@@H](O)[C@H]3O)c2n1. The van der Waals surface area contributed by atoms with Gasteiger partial charge in [-0.2, -0.15) is 0 Å². The number of halogens is 1. The van der Waals surface area contributed by atoms with Crippen molar-refractivity contribution in [1.29, 1.82) is 0 Å². The second kappa shape index (κ2) is 13.0. The Balaban J connectivity index is 1.38. The Morgan fingerprint density at radius 1 is 1.21 bits per heavy atom. The Labute approximate surface area is 230 Å². The number of carbonyl (C=O) groups is 1. The van der Waals surface area contributed by atoms with Gasteiger partial charge in [-0.3, -0.25) is 14.3 Å². The molecule has 0 bridgehead atoms. The van der Waals surface area contributed by atoms with Crippen molar-refractivity contribution < 1.29 is 24.9 Å². The molecule has 1 fully saturated rings. The molecule has 0 aliphatic carbocycles. The van der Waals surface area contributed by atoms with Crippen LogP contribution in [0, 0.1) is 6.92 Å². The van der Waals surface area contributed by atoms with Crippen LogP contribution in [-0.4, -0.2) is 103 Å². The molecule has 13 nitrogen and oxygen atoms in total. The Morgan fingerprint density at radius 3 is 2.67 bits per heavy atom. The number of nitrogens with zero attached hydrogens (tertiary/aromatic N) is 5. The van der Waals surface area contributed by atoms with Crippen LogP contribution in [0.1, 0.15) is 24.0 Å². The highest BCUT2D eigenvalue weighted by Crippen LogP contribution is 2.32. The van der Waals surface area contributed by atoms with Crippen LogP contribution in [-0.2, 0) is 16.0 Å². The van der Waals surface area contributed by atoms with Crippen molar-refractivity contribution in [2.45, 2.75) is 50.3 Å². The Hall–Kier alpha value is -2.91. The van der Waals surface area contributed by atoms with Crippen molar-refractivity contribution in [3.05, 3.63) is 47.0 Å². The fraction of sp³-hybridized carbons (Fsp3) is 0.520. The summed E-state index contributed by atoms with van der Waals surface area (Å²) in [5, 5.41) is 35.0. The molecule has 3 heterocycles. The summed E-state index contributed by atoms with van der Waals surface area (Å²) in [6.07, 6.45) is -1.64. The fourth-order valence-electron chi connectivity index (χ4n) is 4.59. The number of ether oxygens (including phenoxy) is 1. The second-order valence-corrected chi connectivity index (χ2v) is 10.1. The number of nitrogens with two attached hydrogens (primary N) is 2. The predicted octanol–water partition coefficient (Wildman–Crippen LogP) is -0.0742. The largest absolute Gasteiger partial charge is 0.480 e. The number of fused-ring (bicyclic) bond motifs is 1. The smallest absolute Gasteiger partial charge is 0.320 e. The maximum Gasteiger partial charge on any atom is 0.320 e. The number of aliphatic hydroxyl groups is 2. The monoisotopic (exact) mass is 562 g/mol. The van der Waals surface area contributed by atoms with Gasteiger partial charge in [-0.25, -0.2) is 15.0 Å². The van der Waals surface area contributed by atoms with E-state index in [4.69, 9.17) is 27.8 Å². The van der Waals surface area contributed by atoms with Crippen LogP contribution in [0.4, 0.5) is 5.82 Å². The first-order valence-corrected chi connectivity index (χ1v) is 13.2. The average Bonchev–Trinajstić information content (AvgIpc) is 3.43. The molecule has 3 unspecified atom stereocenters. The number of aryl methyl sites for hydroxylation is 1. The molecule has 1 aromatic carbocycles. The summed E-state index contributed by atoms with van der Waals surface area (Å²) in [7, 11) is 0. The zero-order valence-electron chi connectivity index (χ0n) is 21.7. The summed E-state index contributed by atoms with van der Waals surface area (Å²) < 4.78 is 7.64. The number of rotatable bonds is 13. The zero-order chi connectivity index (χ0) is 28.1. The van der Waals surface area contributed by atoms with Gasteiger partial charge in [-0.05, 0) is 44.0 Å². The Bertz CT molecular complexity index is 1260. The summed E-state index contributed by atoms with van der Waals surface area (Å²) >= 11 is 5.94. The quantitative estimate of drug-likeness (QED) is 0.152. The normalized spacial score (nSPS) is 22.1. The van der Waals surface area contributed by atoms with Crippen LogP contribution in [0.3, 0.4) is 0 Å². The van der Waals surface area contributed by atoms with E-state index >= 15 is 0 Å². The summed E-state index contributed by atoms with van der Waals surface area (Å²) in [5.41, 5.74) is 13.6. The summed E-state index contributed by atoms with van der Waals surface area (Å²) in [4.78, 5) is 25.9. The minimum Gasteiger partial charge on any atom is -0.480 e. The maximum atomic E-state index is 11.2. The molecule has 1 aliphatic rings. The zero-order valence-corrected chi connectivity index (χ0v) is 22.4. The van der Waals surface area contributed by atoms with Gasteiger partial charge in [0.15, 0.2) is 17.7 Å². The number of nitrogens with one attached hydrogen (secondary N) is 1. The van der Waals surface area contributed by atoms with Crippen molar-refractivity contribution >= 4 is 34.6 Å². The number of aliphatic hydroxyl groups excluding tert-OH is 2. The van der Waals surface area contributed by atoms with Gasteiger partial charge in [0.25, 0.3) is 0 Å². The highest BCUT2D eigenvalue weighted by atomic mass is 35.5. The Morgan fingerprint density at radius 2 is 1.95 bits per heavy atom. The lowest BCUT2D eigenvalue weighted by Gasteiger charge is -2.27. The van der Waals surface area contributed by atoms with Gasteiger partial charge >= 0.3 is 5.97 Å². The van der Waals surface area contributed by atoms with E-state index in [9.17, 15) is 20.1 Å². The first kappa shape index (κ1) is 29.1. The van der Waals surface area contributed by atoms with Gasteiger partial charge in [-0.1, -0.05) is 23.7 Å². The lowest BCUT2D eigenvalue weighted by atomic mass is 10.1. The van der Waals surface area contributed by atoms with E-state index in [-0.39, 0.29) is 18.8 Å². The summed E-state index contributed by atoms with van der Waals surface area (Å²) in [6, 6.07) is 6.66. The summed E-state index contributed by atoms with van der Waals surface area (Å²) in [5.74, 6) is -0.423. The van der Waals surface area contributed by atoms with Crippen LogP contribution < -0.4 is 16.8 Å². The van der Waals surface area contributed by atoms with Crippen molar-refractivity contribution in [3.8, 4) is 0 Å². The molecule has 1 aliphatic heterocycles. The van der Waals surface area contributed by atoms with Crippen LogP contribution in [0.5, 0.6) is 0 Å². The average molecular weight is 563 g/mol. The minimum absolute atomic E-state index is 0.213. The van der Waals surface area contributed by atoms with E-state index in [1.807, 2.05) is 29.2 Å². The number of hydrogen-bond acceptors (Lipinski definition) is 11. The minimum atomic E-state index is -1.25. The fourth-order valence-corrected chi connectivity index (χ4v) is 4.71. The molecule has 0 radical (unpaired) electrons. The van der Waals surface area contributed by atoms with E-state index in [2.05, 4.69) is 20.3 Å². The number of carboxylic acids is 1. The molecule has 212 valence electrons. The van der Waals surface area contributed by atoms with Gasteiger partial charge < -0.3 is 36.8 Å². The van der Waals surface area contributed by atoms with E-state index in [1.165, 1.54) is 10.9 Å². The van der Waals surface area contributed by atoms with Crippen LogP contribution in [0.25, 0.3) is 11.2 Å². The topological polar surface area (TPSA) is 198 Å². The molecule has 5 atom stereocenters. The van der Waals surface area contributed by atoms with E-state index < -0.39 is 36.6 Å². The van der Waals surface area contributed by atoms with E-state index in [1.54, 1.807) is 6.92 Å². The first-order chi connectivity index (χ1) is 18.6.